The topological polar surface area (TPSA) is 108 Å². The van der Waals surface area contributed by atoms with E-state index in [1.165, 1.54) is 47.0 Å². The van der Waals surface area contributed by atoms with Crippen molar-refractivity contribution in [3.05, 3.63) is 0 Å². The molecule has 1 atom stereocenters. The maximum absolute atomic E-state index is 11.7. The lowest BCUT2D eigenvalue weighted by molar-refractivity contribution is -0.150. The van der Waals surface area contributed by atoms with Crippen molar-refractivity contribution in [2.75, 3.05) is 13.2 Å². The van der Waals surface area contributed by atoms with Crippen LogP contribution >= 0.6 is 0 Å². The predicted octanol–water partition coefficient (Wildman–Crippen LogP) is 4.62. The first kappa shape index (κ1) is 30.9. The molecular weight excluding hydrogens is 426 g/mol. The fraction of sp³-hybridized carbons (Fsp3) is 0.840. The van der Waals surface area contributed by atoms with E-state index in [2.05, 4.69) is 12.2 Å². The van der Waals surface area contributed by atoms with E-state index >= 15 is 0 Å². The van der Waals surface area contributed by atoms with Gasteiger partial charge in [0.2, 0.25) is 5.91 Å². The van der Waals surface area contributed by atoms with Crippen molar-refractivity contribution in [1.29, 1.82) is 0 Å². The highest BCUT2D eigenvalue weighted by molar-refractivity contribution is 5.74. The monoisotopic (exact) mass is 471 g/mol. The molecule has 33 heavy (non-hydrogen) atoms. The molecule has 0 heterocycles. The average molecular weight is 472 g/mol. The molecule has 0 rings (SSSR count). The number of nitrogens with one attached hydrogen (secondary N) is 1. The van der Waals surface area contributed by atoms with Gasteiger partial charge in [-0.15, -0.1) is 0 Å². The van der Waals surface area contributed by atoms with Crippen LogP contribution in [0.1, 0.15) is 112 Å². The van der Waals surface area contributed by atoms with Gasteiger partial charge in [-0.1, -0.05) is 51.9 Å². The number of rotatable bonds is 19. The third-order valence-corrected chi connectivity index (χ3v) is 5.44. The van der Waals surface area contributed by atoms with Crippen LogP contribution in [-0.2, 0) is 33.4 Å². The molecule has 0 fully saturated rings. The molecule has 8 heteroatoms. The summed E-state index contributed by atoms with van der Waals surface area (Å²) in [6.45, 7) is 7.55. The highest BCUT2D eigenvalue weighted by Crippen LogP contribution is 2.20. The summed E-state index contributed by atoms with van der Waals surface area (Å²) in [5.41, 5.74) is -0.928. The number of hydrogen-bond acceptors (Lipinski definition) is 7. The second kappa shape index (κ2) is 18.3. The molecule has 0 aromatic carbocycles. The largest absolute Gasteiger partial charge is 0.463 e. The summed E-state index contributed by atoms with van der Waals surface area (Å²) in [5, 5.41) is 2.83. The molecule has 0 aliphatic carbocycles. The van der Waals surface area contributed by atoms with Crippen LogP contribution in [0.3, 0.4) is 0 Å². The Hall–Kier alpha value is -2.12. The Morgan fingerprint density at radius 3 is 1.64 bits per heavy atom. The molecule has 0 saturated heterocycles. The van der Waals surface area contributed by atoms with Crippen molar-refractivity contribution in [2.45, 2.75) is 123 Å². The van der Waals surface area contributed by atoms with Crippen molar-refractivity contribution in [3.8, 4) is 0 Å². The fourth-order valence-electron chi connectivity index (χ4n) is 3.84. The van der Waals surface area contributed by atoms with Crippen LogP contribution in [0, 0.1) is 0 Å². The minimum Gasteiger partial charge on any atom is -0.463 e. The van der Waals surface area contributed by atoms with Gasteiger partial charge in [0, 0.05) is 27.7 Å². The van der Waals surface area contributed by atoms with Crippen molar-refractivity contribution < 1.29 is 33.4 Å². The van der Waals surface area contributed by atoms with Crippen molar-refractivity contribution in [2.24, 2.45) is 0 Å². The molecule has 0 spiro atoms. The second-order valence-electron chi connectivity index (χ2n) is 8.91. The summed E-state index contributed by atoms with van der Waals surface area (Å²) < 4.78 is 15.8. The molecule has 0 aromatic rings. The van der Waals surface area contributed by atoms with Gasteiger partial charge in [-0.3, -0.25) is 19.2 Å². The first-order valence-electron chi connectivity index (χ1n) is 12.3. The van der Waals surface area contributed by atoms with E-state index in [1.54, 1.807) is 0 Å². The summed E-state index contributed by atoms with van der Waals surface area (Å²) in [5.74, 6) is -1.40. The smallest absolute Gasteiger partial charge is 0.302 e. The summed E-state index contributed by atoms with van der Waals surface area (Å²) in [6, 6.07) is 0. The number of carbonyl (C=O) groups is 4. The van der Waals surface area contributed by atoms with E-state index in [0.717, 1.165) is 51.4 Å². The number of amides is 1. The Morgan fingerprint density at radius 2 is 1.18 bits per heavy atom. The first-order chi connectivity index (χ1) is 15.6. The average Bonchev–Trinajstić information content (AvgIpc) is 2.72. The van der Waals surface area contributed by atoms with Gasteiger partial charge in [-0.05, 0) is 32.1 Å². The molecule has 0 aliphatic heterocycles. The van der Waals surface area contributed by atoms with E-state index in [-0.39, 0.29) is 31.2 Å². The zero-order chi connectivity index (χ0) is 25.1. The van der Waals surface area contributed by atoms with E-state index < -0.39 is 17.5 Å². The number of hydrogen-bond donors (Lipinski definition) is 1. The summed E-state index contributed by atoms with van der Waals surface area (Å²) in [6.07, 6.45) is 11.7. The molecule has 1 unspecified atom stereocenters. The quantitative estimate of drug-likeness (QED) is 0.166. The van der Waals surface area contributed by atoms with Gasteiger partial charge < -0.3 is 19.5 Å². The van der Waals surface area contributed by atoms with Gasteiger partial charge in [-0.2, -0.15) is 0 Å². The van der Waals surface area contributed by atoms with Gasteiger partial charge in [0.1, 0.15) is 24.9 Å². The highest BCUT2D eigenvalue weighted by atomic mass is 16.6. The molecule has 0 saturated carbocycles. The van der Waals surface area contributed by atoms with Crippen molar-refractivity contribution >= 4 is 23.8 Å². The molecule has 1 N–H and O–H groups in total. The van der Waals surface area contributed by atoms with Crippen LogP contribution < -0.4 is 5.32 Å². The lowest BCUT2D eigenvalue weighted by Gasteiger charge is -2.33. The first-order valence-corrected chi connectivity index (χ1v) is 12.3. The molecule has 192 valence electrons. The third kappa shape index (κ3) is 18.0. The third-order valence-electron chi connectivity index (χ3n) is 5.44. The fourth-order valence-corrected chi connectivity index (χ4v) is 3.84. The maximum Gasteiger partial charge on any atom is 0.302 e. The summed E-state index contributed by atoms with van der Waals surface area (Å²) in [7, 11) is 0. The van der Waals surface area contributed by atoms with Crippen LogP contribution in [0.2, 0.25) is 0 Å². The van der Waals surface area contributed by atoms with E-state index in [1.807, 2.05) is 0 Å². The SMILES string of the molecule is CCCCCCC(CCCCCCCC(COC(C)=O)(COC(C)=O)NC(C)=O)OC(C)=O. The summed E-state index contributed by atoms with van der Waals surface area (Å²) in [4.78, 5) is 45.7. The molecule has 0 bridgehead atoms. The Labute approximate surface area is 199 Å². The molecular formula is C25H45NO7. The van der Waals surface area contributed by atoms with Gasteiger partial charge in [0.15, 0.2) is 0 Å². The Morgan fingerprint density at radius 1 is 0.697 bits per heavy atom. The minimum atomic E-state index is -0.928. The van der Waals surface area contributed by atoms with Crippen LogP contribution in [-0.4, -0.2) is 48.7 Å². The summed E-state index contributed by atoms with van der Waals surface area (Å²) >= 11 is 0. The zero-order valence-electron chi connectivity index (χ0n) is 21.3. The molecule has 0 aromatic heterocycles. The normalized spacial score (nSPS) is 12.0. The molecule has 0 aliphatic rings. The number of ether oxygens (including phenoxy) is 3. The van der Waals surface area contributed by atoms with Crippen LogP contribution in [0.5, 0.6) is 0 Å². The highest BCUT2D eigenvalue weighted by Gasteiger charge is 2.33. The number of carbonyl (C=O) groups excluding carboxylic acids is 4. The Balaban J connectivity index is 4.51. The predicted molar refractivity (Wildman–Crippen MR) is 126 cm³/mol. The van der Waals surface area contributed by atoms with Crippen LogP contribution in [0.15, 0.2) is 0 Å². The van der Waals surface area contributed by atoms with Gasteiger partial charge >= 0.3 is 17.9 Å². The van der Waals surface area contributed by atoms with E-state index in [0.29, 0.717) is 6.42 Å². The van der Waals surface area contributed by atoms with Gasteiger partial charge in [-0.25, -0.2) is 0 Å². The van der Waals surface area contributed by atoms with E-state index in [9.17, 15) is 19.2 Å². The molecule has 0 radical (unpaired) electrons. The Bertz CT molecular complexity index is 573. The van der Waals surface area contributed by atoms with E-state index in [4.69, 9.17) is 14.2 Å². The second-order valence-corrected chi connectivity index (χ2v) is 8.91. The number of unbranched alkanes of at least 4 members (excludes halogenated alkanes) is 7. The van der Waals surface area contributed by atoms with Crippen molar-refractivity contribution in [3.63, 3.8) is 0 Å². The van der Waals surface area contributed by atoms with Gasteiger partial charge in [0.25, 0.3) is 0 Å². The molecule has 8 nitrogen and oxygen atoms in total. The zero-order valence-corrected chi connectivity index (χ0v) is 21.3. The number of esters is 3. The van der Waals surface area contributed by atoms with Crippen molar-refractivity contribution in [1.82, 2.24) is 5.32 Å². The van der Waals surface area contributed by atoms with Gasteiger partial charge in [0.05, 0.1) is 0 Å². The lowest BCUT2D eigenvalue weighted by atomic mass is 9.92. The lowest BCUT2D eigenvalue weighted by Crippen LogP contribution is -2.55. The van der Waals surface area contributed by atoms with Crippen LogP contribution in [0.4, 0.5) is 0 Å². The maximum atomic E-state index is 11.7. The minimum absolute atomic E-state index is 0.000711. The standard InChI is InChI=1S/C25H45NO7/c1-6-7-8-12-15-24(33-23(5)30)16-13-10-9-11-14-17-25(26-20(2)27,18-31-21(3)28)19-32-22(4)29/h24H,6-19H2,1-5H3,(H,26,27). The molecule has 1 amide bonds. The Kier molecular flexibility index (Phi) is 17.1. The van der Waals surface area contributed by atoms with Crippen LogP contribution in [0.25, 0.3) is 0 Å².